The number of methoxy groups -OCH3 is 1. The summed E-state index contributed by atoms with van der Waals surface area (Å²) in [6, 6.07) is 15.7. The van der Waals surface area contributed by atoms with E-state index in [0.717, 1.165) is 10.4 Å². The predicted octanol–water partition coefficient (Wildman–Crippen LogP) is 4.21. The number of ether oxygens (including phenoxy) is 1. The van der Waals surface area contributed by atoms with E-state index in [9.17, 15) is 19.2 Å². The first kappa shape index (κ1) is 29.2. The first-order chi connectivity index (χ1) is 18.7. The molecule has 0 bridgehead atoms. The van der Waals surface area contributed by atoms with Crippen molar-refractivity contribution in [1.82, 2.24) is 9.80 Å². The number of para-hydroxylation sites is 1. The van der Waals surface area contributed by atoms with Gasteiger partial charge in [-0.1, -0.05) is 30.3 Å². The number of aryl methyl sites for hydroxylation is 1. The van der Waals surface area contributed by atoms with Crippen LogP contribution in [0.15, 0.2) is 60.0 Å². The van der Waals surface area contributed by atoms with Crippen molar-refractivity contribution in [3.63, 3.8) is 0 Å². The highest BCUT2D eigenvalue weighted by Crippen LogP contribution is 2.26. The maximum atomic E-state index is 12.9. The molecule has 1 heterocycles. The van der Waals surface area contributed by atoms with Gasteiger partial charge in [0.05, 0.1) is 38.7 Å². The number of carbonyl (C=O) groups is 4. The van der Waals surface area contributed by atoms with Gasteiger partial charge in [0.1, 0.15) is 5.75 Å². The number of anilines is 2. The molecule has 0 aliphatic heterocycles. The lowest BCUT2D eigenvalue weighted by molar-refractivity contribution is -0.141. The lowest BCUT2D eigenvalue weighted by Crippen LogP contribution is -2.42. The number of hydrogen-bond acceptors (Lipinski definition) is 6. The number of amides is 4. The minimum atomic E-state index is -0.997. The van der Waals surface area contributed by atoms with Crippen LogP contribution in [0.3, 0.4) is 0 Å². The number of carboxylic acid groups (broad SMARTS) is 1. The summed E-state index contributed by atoms with van der Waals surface area (Å²) in [7, 11) is 3.00. The Labute approximate surface area is 231 Å². The van der Waals surface area contributed by atoms with E-state index in [1.54, 1.807) is 24.3 Å². The monoisotopic (exact) mass is 552 g/mol. The number of thiophene rings is 1. The van der Waals surface area contributed by atoms with Crippen LogP contribution < -0.4 is 15.4 Å². The third-order valence-electron chi connectivity index (χ3n) is 5.94. The zero-order valence-electron chi connectivity index (χ0n) is 22.1. The minimum Gasteiger partial charge on any atom is -0.495 e. The number of carbonyl (C=O) groups excluding carboxylic acids is 3. The molecule has 0 atom stereocenters. The second kappa shape index (κ2) is 14.0. The fraction of sp³-hybridized carbons (Fsp3) is 0.286. The van der Waals surface area contributed by atoms with Gasteiger partial charge in [0, 0.05) is 24.2 Å². The summed E-state index contributed by atoms with van der Waals surface area (Å²) >= 11 is 1.47. The smallest absolute Gasteiger partial charge is 0.323 e. The normalized spacial score (nSPS) is 10.4. The molecule has 0 saturated carbocycles. The highest BCUT2D eigenvalue weighted by Gasteiger charge is 2.21. The van der Waals surface area contributed by atoms with Gasteiger partial charge >= 0.3 is 12.0 Å². The number of rotatable bonds is 12. The summed E-state index contributed by atoms with van der Waals surface area (Å²) < 4.78 is 5.42. The van der Waals surface area contributed by atoms with E-state index in [2.05, 4.69) is 10.6 Å². The Hall–Kier alpha value is -4.38. The maximum Gasteiger partial charge on any atom is 0.323 e. The van der Waals surface area contributed by atoms with Gasteiger partial charge in [-0.15, -0.1) is 11.3 Å². The van der Waals surface area contributed by atoms with Crippen molar-refractivity contribution in [2.24, 2.45) is 0 Å². The first-order valence-electron chi connectivity index (χ1n) is 12.2. The maximum absolute atomic E-state index is 12.9. The molecule has 2 aromatic carbocycles. The Bertz CT molecular complexity index is 1310. The quantitative estimate of drug-likeness (QED) is 0.309. The molecular weight excluding hydrogens is 520 g/mol. The van der Waals surface area contributed by atoms with E-state index >= 15 is 0 Å². The highest BCUT2D eigenvalue weighted by atomic mass is 32.1. The average molecular weight is 553 g/mol. The molecule has 0 aliphatic carbocycles. The van der Waals surface area contributed by atoms with Crippen molar-refractivity contribution < 1.29 is 29.0 Å². The molecule has 0 saturated heterocycles. The van der Waals surface area contributed by atoms with Gasteiger partial charge in [0.2, 0.25) is 11.8 Å². The number of likely N-dealkylation sites (N-methyl/N-ethyl adjacent to an activating group) is 1. The SMILES string of the molecule is COc1cc(CC(=O)N(C)CC(=O)N(CCC(=O)O)Cc2cccs2)ccc1NC(=O)Nc1ccccc1C. The molecule has 0 radical (unpaired) electrons. The summed E-state index contributed by atoms with van der Waals surface area (Å²) in [6.07, 6.45) is -0.173. The van der Waals surface area contributed by atoms with Crippen molar-refractivity contribution in [2.45, 2.75) is 26.3 Å². The molecule has 0 fully saturated rings. The number of carboxylic acids is 1. The van der Waals surface area contributed by atoms with E-state index in [1.165, 1.54) is 35.3 Å². The second-order valence-electron chi connectivity index (χ2n) is 8.89. The molecule has 11 heteroatoms. The van der Waals surface area contributed by atoms with Gasteiger partial charge in [0.15, 0.2) is 0 Å². The Morgan fingerprint density at radius 2 is 1.72 bits per heavy atom. The lowest BCUT2D eigenvalue weighted by Gasteiger charge is -2.25. The Balaban J connectivity index is 1.60. The molecule has 0 unspecified atom stereocenters. The topological polar surface area (TPSA) is 128 Å². The van der Waals surface area contributed by atoms with Gasteiger partial charge in [0.25, 0.3) is 0 Å². The van der Waals surface area contributed by atoms with E-state index in [0.29, 0.717) is 22.7 Å². The molecule has 4 amide bonds. The van der Waals surface area contributed by atoms with Crippen molar-refractivity contribution in [2.75, 3.05) is 37.9 Å². The van der Waals surface area contributed by atoms with Crippen LogP contribution in [0.25, 0.3) is 0 Å². The average Bonchev–Trinajstić information content (AvgIpc) is 3.41. The number of nitrogens with zero attached hydrogens (tertiary/aromatic N) is 2. The van der Waals surface area contributed by atoms with Crippen LogP contribution in [-0.2, 0) is 27.3 Å². The number of hydrogen-bond donors (Lipinski definition) is 3. The second-order valence-corrected chi connectivity index (χ2v) is 9.93. The fourth-order valence-corrected chi connectivity index (χ4v) is 4.47. The number of benzene rings is 2. The standard InChI is InChI=1S/C28H32N4O6S/c1-19-7-4-5-9-22(19)29-28(37)30-23-11-10-20(15-24(23)38-3)16-25(33)31(2)18-26(34)32(13-12-27(35)36)17-21-8-6-14-39-21/h4-11,14-15H,12-13,16-18H2,1-3H3,(H,35,36)(H2,29,30,37). The molecule has 3 N–H and O–H groups in total. The zero-order chi connectivity index (χ0) is 28.4. The van der Waals surface area contributed by atoms with Crippen molar-refractivity contribution in [3.8, 4) is 5.75 Å². The van der Waals surface area contributed by atoms with Gasteiger partial charge in [-0.2, -0.15) is 0 Å². The Morgan fingerprint density at radius 1 is 0.974 bits per heavy atom. The van der Waals surface area contributed by atoms with Gasteiger partial charge in [-0.3, -0.25) is 14.4 Å². The van der Waals surface area contributed by atoms with Crippen molar-refractivity contribution in [1.29, 1.82) is 0 Å². The third kappa shape index (κ3) is 8.85. The molecule has 0 aliphatic rings. The Morgan fingerprint density at radius 3 is 2.38 bits per heavy atom. The number of urea groups is 1. The molecule has 1 aromatic heterocycles. The molecular formula is C28H32N4O6S. The van der Waals surface area contributed by atoms with Crippen molar-refractivity contribution in [3.05, 3.63) is 76.0 Å². The predicted molar refractivity (Wildman–Crippen MR) is 150 cm³/mol. The number of nitrogens with one attached hydrogen (secondary N) is 2. The van der Waals surface area contributed by atoms with Crippen LogP contribution in [0.1, 0.15) is 22.4 Å². The van der Waals surface area contributed by atoms with E-state index < -0.39 is 12.0 Å². The molecule has 0 spiro atoms. The van der Waals surface area contributed by atoms with E-state index in [-0.39, 0.29) is 44.3 Å². The van der Waals surface area contributed by atoms with E-state index in [4.69, 9.17) is 9.84 Å². The summed E-state index contributed by atoms with van der Waals surface area (Å²) in [6.45, 7) is 2.05. The molecule has 3 aromatic rings. The molecule has 3 rings (SSSR count). The summed E-state index contributed by atoms with van der Waals surface area (Å²) in [5.74, 6) is -1.24. The molecule has 39 heavy (non-hydrogen) atoms. The summed E-state index contributed by atoms with van der Waals surface area (Å²) in [4.78, 5) is 53.1. The minimum absolute atomic E-state index is 0.00980. The van der Waals surface area contributed by atoms with Crippen LogP contribution in [0, 0.1) is 6.92 Å². The van der Waals surface area contributed by atoms with Crippen LogP contribution >= 0.6 is 11.3 Å². The fourth-order valence-electron chi connectivity index (χ4n) is 3.75. The van der Waals surface area contributed by atoms with Crippen LogP contribution in [0.5, 0.6) is 5.75 Å². The van der Waals surface area contributed by atoms with E-state index in [1.807, 2.05) is 42.6 Å². The summed E-state index contributed by atoms with van der Waals surface area (Å²) in [5.41, 5.74) is 2.69. The van der Waals surface area contributed by atoms with Gasteiger partial charge in [-0.05, 0) is 47.7 Å². The lowest BCUT2D eigenvalue weighted by atomic mass is 10.1. The zero-order valence-corrected chi connectivity index (χ0v) is 22.9. The Kier molecular flexibility index (Phi) is 10.4. The third-order valence-corrected chi connectivity index (χ3v) is 6.80. The van der Waals surface area contributed by atoms with Crippen LogP contribution in [0.4, 0.5) is 16.2 Å². The van der Waals surface area contributed by atoms with Crippen LogP contribution in [-0.4, -0.2) is 66.0 Å². The van der Waals surface area contributed by atoms with Crippen molar-refractivity contribution >= 4 is 46.5 Å². The molecule has 206 valence electrons. The largest absolute Gasteiger partial charge is 0.495 e. The number of aliphatic carboxylic acids is 1. The molecule has 10 nitrogen and oxygen atoms in total. The van der Waals surface area contributed by atoms with Gasteiger partial charge in [-0.25, -0.2) is 4.79 Å². The van der Waals surface area contributed by atoms with Gasteiger partial charge < -0.3 is 30.3 Å². The summed E-state index contributed by atoms with van der Waals surface area (Å²) in [5, 5.41) is 16.5. The first-order valence-corrected chi connectivity index (χ1v) is 13.1. The highest BCUT2D eigenvalue weighted by molar-refractivity contribution is 7.09. The van der Waals surface area contributed by atoms with Crippen LogP contribution in [0.2, 0.25) is 0 Å².